The number of primary amides is 1. The molecule has 0 radical (unpaired) electrons. The van der Waals surface area contributed by atoms with Crippen LogP contribution in [0.15, 0.2) is 84.9 Å². The maximum Gasteiger partial charge on any atom is 0.248 e. The summed E-state index contributed by atoms with van der Waals surface area (Å²) < 4.78 is 12.2. The Kier molecular flexibility index (Phi) is 5.44. The van der Waals surface area contributed by atoms with E-state index in [1.54, 1.807) is 0 Å². The van der Waals surface area contributed by atoms with E-state index in [1.165, 1.54) is 35.4 Å². The number of rotatable bonds is 2. The first-order valence-corrected chi connectivity index (χ1v) is 6.82. The van der Waals surface area contributed by atoms with Crippen molar-refractivity contribution < 1.29 is 9.18 Å². The minimum absolute atomic E-state index is 0.321. The monoisotopic (exact) mass is 293 g/mol. The van der Waals surface area contributed by atoms with Gasteiger partial charge in [-0.3, -0.25) is 4.79 Å². The molecule has 0 aliphatic heterocycles. The first-order chi connectivity index (χ1) is 10.7. The van der Waals surface area contributed by atoms with Crippen LogP contribution in [0.25, 0.3) is 11.1 Å². The number of hydrogen-bond donors (Lipinski definition) is 1. The van der Waals surface area contributed by atoms with E-state index in [4.69, 9.17) is 5.73 Å². The average molecular weight is 293 g/mol. The van der Waals surface area contributed by atoms with Gasteiger partial charge in [-0.25, -0.2) is 4.39 Å². The molecule has 3 aromatic rings. The number of benzene rings is 3. The van der Waals surface area contributed by atoms with Crippen LogP contribution in [0.5, 0.6) is 0 Å². The van der Waals surface area contributed by atoms with Crippen LogP contribution in [0.4, 0.5) is 4.39 Å². The Hall–Kier alpha value is -2.94. The number of nitrogens with two attached hydrogens (primary N) is 1. The molecule has 0 aromatic heterocycles. The molecule has 0 unspecified atom stereocenters. The second-order valence-electron chi connectivity index (χ2n) is 4.60. The highest BCUT2D eigenvalue weighted by molar-refractivity contribution is 5.92. The van der Waals surface area contributed by atoms with Crippen LogP contribution in [0.3, 0.4) is 0 Å². The summed E-state index contributed by atoms with van der Waals surface area (Å²) in [6.07, 6.45) is 0. The van der Waals surface area contributed by atoms with Crippen LogP contribution in [0, 0.1) is 5.82 Å². The van der Waals surface area contributed by atoms with Crippen LogP contribution in [-0.2, 0) is 0 Å². The molecule has 3 rings (SSSR count). The molecule has 0 aliphatic rings. The zero-order valence-corrected chi connectivity index (χ0v) is 11.9. The highest BCUT2D eigenvalue weighted by Crippen LogP contribution is 2.17. The van der Waals surface area contributed by atoms with Gasteiger partial charge >= 0.3 is 0 Å². The number of hydrogen-bond acceptors (Lipinski definition) is 1. The third kappa shape index (κ3) is 4.56. The Morgan fingerprint density at radius 3 is 1.45 bits per heavy atom. The number of amides is 1. The van der Waals surface area contributed by atoms with E-state index in [1.807, 2.05) is 12.1 Å². The lowest BCUT2D eigenvalue weighted by molar-refractivity contribution is 0.100. The van der Waals surface area contributed by atoms with Gasteiger partial charge in [-0.1, -0.05) is 60.7 Å². The van der Waals surface area contributed by atoms with Gasteiger partial charge in [0.25, 0.3) is 0 Å². The molecule has 0 atom stereocenters. The molecule has 110 valence electrons. The lowest BCUT2D eigenvalue weighted by Gasteiger charge is -1.98. The Bertz CT molecular complexity index is 672. The summed E-state index contributed by atoms with van der Waals surface area (Å²) in [4.78, 5) is 10.4. The van der Waals surface area contributed by atoms with Crippen molar-refractivity contribution in [2.75, 3.05) is 0 Å². The average Bonchev–Trinajstić information content (AvgIpc) is 2.57. The molecule has 0 fully saturated rings. The van der Waals surface area contributed by atoms with Crippen molar-refractivity contribution in [2.45, 2.75) is 0 Å². The van der Waals surface area contributed by atoms with Crippen LogP contribution in [-0.4, -0.2) is 5.91 Å². The van der Waals surface area contributed by atoms with Crippen molar-refractivity contribution in [3.8, 4) is 11.1 Å². The van der Waals surface area contributed by atoms with Crippen LogP contribution in [0.1, 0.15) is 10.4 Å². The summed E-state index contributed by atoms with van der Waals surface area (Å²) in [6, 6.07) is 25.9. The molecule has 0 spiro atoms. The first-order valence-electron chi connectivity index (χ1n) is 6.82. The molecule has 0 heterocycles. The van der Waals surface area contributed by atoms with E-state index in [-0.39, 0.29) is 5.82 Å². The Morgan fingerprint density at radius 2 is 1.09 bits per heavy atom. The number of halogens is 1. The topological polar surface area (TPSA) is 43.1 Å². The fourth-order valence-electron chi connectivity index (χ4n) is 1.88. The van der Waals surface area contributed by atoms with Crippen molar-refractivity contribution in [3.63, 3.8) is 0 Å². The first kappa shape index (κ1) is 15.4. The molecule has 0 aliphatic carbocycles. The summed E-state index contributed by atoms with van der Waals surface area (Å²) in [6.45, 7) is 0. The molecular weight excluding hydrogens is 277 g/mol. The molecule has 0 saturated heterocycles. The van der Waals surface area contributed by atoms with E-state index in [2.05, 4.69) is 48.5 Å². The summed E-state index contributed by atoms with van der Waals surface area (Å²) in [7, 11) is 0. The molecule has 22 heavy (non-hydrogen) atoms. The van der Waals surface area contributed by atoms with Crippen LogP contribution < -0.4 is 5.73 Å². The van der Waals surface area contributed by atoms with E-state index in [9.17, 15) is 9.18 Å². The van der Waals surface area contributed by atoms with Crippen molar-refractivity contribution >= 4 is 5.91 Å². The Morgan fingerprint density at radius 1 is 0.682 bits per heavy atom. The molecule has 3 heteroatoms. The maximum atomic E-state index is 12.2. The molecule has 2 nitrogen and oxygen atoms in total. The molecular formula is C19H16FNO. The van der Waals surface area contributed by atoms with Gasteiger partial charge in [-0.2, -0.15) is 0 Å². The number of carbonyl (C=O) groups excluding carboxylic acids is 1. The zero-order valence-electron chi connectivity index (χ0n) is 11.9. The molecule has 0 saturated carbocycles. The third-order valence-electron chi connectivity index (χ3n) is 3.01. The van der Waals surface area contributed by atoms with Crippen LogP contribution in [0.2, 0.25) is 0 Å². The van der Waals surface area contributed by atoms with Crippen molar-refractivity contribution in [3.05, 3.63) is 96.3 Å². The predicted molar refractivity (Wildman–Crippen MR) is 86.8 cm³/mol. The Balaban J connectivity index is 0.000000164. The predicted octanol–water partition coefficient (Wildman–Crippen LogP) is 4.28. The SMILES string of the molecule is NC(=O)c1ccc(F)cc1.c1ccc(-c2ccccc2)cc1. The minimum Gasteiger partial charge on any atom is -0.366 e. The van der Waals surface area contributed by atoms with E-state index < -0.39 is 5.91 Å². The lowest BCUT2D eigenvalue weighted by atomic mass is 10.1. The van der Waals surface area contributed by atoms with E-state index >= 15 is 0 Å². The van der Waals surface area contributed by atoms with Gasteiger partial charge < -0.3 is 5.73 Å². The summed E-state index contributed by atoms with van der Waals surface area (Å²) in [5, 5.41) is 0. The molecule has 1 amide bonds. The van der Waals surface area contributed by atoms with Crippen molar-refractivity contribution in [1.29, 1.82) is 0 Å². The maximum absolute atomic E-state index is 12.2. The van der Waals surface area contributed by atoms with Gasteiger partial charge in [0.1, 0.15) is 5.82 Å². The second-order valence-corrected chi connectivity index (χ2v) is 4.60. The summed E-state index contributed by atoms with van der Waals surface area (Å²) >= 11 is 0. The lowest BCUT2D eigenvalue weighted by Crippen LogP contribution is -2.10. The van der Waals surface area contributed by atoms with Gasteiger partial charge in [0, 0.05) is 5.56 Å². The van der Waals surface area contributed by atoms with Gasteiger partial charge in [0.05, 0.1) is 0 Å². The van der Waals surface area contributed by atoms with Crippen LogP contribution >= 0.6 is 0 Å². The van der Waals surface area contributed by atoms with E-state index in [0.717, 1.165) is 0 Å². The molecule has 3 aromatic carbocycles. The second kappa shape index (κ2) is 7.74. The van der Waals surface area contributed by atoms with E-state index in [0.29, 0.717) is 5.56 Å². The number of carbonyl (C=O) groups is 1. The largest absolute Gasteiger partial charge is 0.366 e. The zero-order chi connectivity index (χ0) is 15.8. The minimum atomic E-state index is -0.542. The Labute approximate surface area is 129 Å². The molecule has 2 N–H and O–H groups in total. The van der Waals surface area contributed by atoms with Gasteiger partial charge in [0.15, 0.2) is 0 Å². The normalized spacial score (nSPS) is 9.50. The summed E-state index contributed by atoms with van der Waals surface area (Å²) in [5.74, 6) is -0.912. The highest BCUT2D eigenvalue weighted by Gasteiger charge is 1.97. The smallest absolute Gasteiger partial charge is 0.248 e. The standard InChI is InChI=1S/C12H10.C7H6FNO/c1-3-7-11(8-4-1)12-9-5-2-6-10-12;8-6-3-1-5(2-4-6)7(9)10/h1-10H;1-4H,(H2,9,10). The van der Waals surface area contributed by atoms with Gasteiger partial charge in [0.2, 0.25) is 5.91 Å². The van der Waals surface area contributed by atoms with Crippen molar-refractivity contribution in [2.24, 2.45) is 5.73 Å². The fraction of sp³-hybridized carbons (Fsp3) is 0. The fourth-order valence-corrected chi connectivity index (χ4v) is 1.88. The van der Waals surface area contributed by atoms with Gasteiger partial charge in [-0.15, -0.1) is 0 Å². The summed E-state index contributed by atoms with van der Waals surface area (Å²) in [5.41, 5.74) is 7.78. The quantitative estimate of drug-likeness (QED) is 0.753. The third-order valence-corrected chi connectivity index (χ3v) is 3.01. The highest BCUT2D eigenvalue weighted by atomic mass is 19.1. The van der Waals surface area contributed by atoms with Gasteiger partial charge in [-0.05, 0) is 35.4 Å². The van der Waals surface area contributed by atoms with Crippen molar-refractivity contribution in [1.82, 2.24) is 0 Å². The molecule has 0 bridgehead atoms.